The predicted octanol–water partition coefficient (Wildman–Crippen LogP) is 7.73. The van der Waals surface area contributed by atoms with Gasteiger partial charge in [0.05, 0.1) is 16.9 Å². The fourth-order valence-corrected chi connectivity index (χ4v) is 5.37. The molecule has 0 bridgehead atoms. The van der Waals surface area contributed by atoms with Gasteiger partial charge in [0.2, 0.25) is 0 Å². The Hall–Kier alpha value is -4.15. The van der Waals surface area contributed by atoms with Crippen LogP contribution in [0.4, 0.5) is 19.7 Å². The van der Waals surface area contributed by atoms with E-state index in [1.807, 2.05) is 52.0 Å². The molecule has 2 amide bonds. The van der Waals surface area contributed by atoms with Crippen molar-refractivity contribution in [2.45, 2.75) is 71.2 Å². The quantitative estimate of drug-likeness (QED) is 0.265. The molecule has 10 heteroatoms. The molecule has 0 spiro atoms. The van der Waals surface area contributed by atoms with Gasteiger partial charge in [-0.1, -0.05) is 60.7 Å². The van der Waals surface area contributed by atoms with Gasteiger partial charge in [-0.2, -0.15) is 0 Å². The third kappa shape index (κ3) is 7.23. The van der Waals surface area contributed by atoms with E-state index >= 15 is 4.39 Å². The number of benzene rings is 3. The lowest BCUT2D eigenvalue weighted by atomic mass is 9.77. The van der Waals surface area contributed by atoms with Crippen LogP contribution in [0.3, 0.4) is 0 Å². The summed E-state index contributed by atoms with van der Waals surface area (Å²) < 4.78 is 38.5. The summed E-state index contributed by atoms with van der Waals surface area (Å²) in [6, 6.07) is 20.7. The summed E-state index contributed by atoms with van der Waals surface area (Å²) in [5.41, 5.74) is 3.58. The number of ether oxygens (including phenoxy) is 2. The molecule has 1 fully saturated rings. The number of alkyl carbamates (subject to hydrolysis) is 1. The molecule has 0 atom stereocenters. The molecule has 236 valence electrons. The van der Waals surface area contributed by atoms with E-state index in [-0.39, 0.29) is 24.8 Å². The Morgan fingerprint density at radius 3 is 2.04 bits per heavy atom. The fraction of sp³-hybridized carbons (Fsp3) is 0.371. The molecule has 1 aliphatic heterocycles. The Labute approximate surface area is 264 Å². The molecule has 1 saturated heterocycles. The number of hydrogen-bond acceptors (Lipinski definition) is 6. The van der Waals surface area contributed by atoms with Gasteiger partial charge >= 0.3 is 19.3 Å². The number of nitrogens with one attached hydrogen (secondary N) is 2. The summed E-state index contributed by atoms with van der Waals surface area (Å²) in [5.74, 6) is -0.718. The average Bonchev–Trinajstić information content (AvgIpc) is 3.39. The normalized spacial score (nSPS) is 17.0. The van der Waals surface area contributed by atoms with E-state index in [2.05, 4.69) is 34.9 Å². The van der Waals surface area contributed by atoms with Crippen LogP contribution in [0.5, 0.6) is 0 Å². The lowest BCUT2D eigenvalue weighted by Crippen LogP contribution is -2.41. The third-order valence-electron chi connectivity index (χ3n) is 8.32. The number of halogens is 1. The highest BCUT2D eigenvalue weighted by atomic mass is 19.1. The van der Waals surface area contributed by atoms with Gasteiger partial charge in [0.1, 0.15) is 18.0 Å². The van der Waals surface area contributed by atoms with Crippen molar-refractivity contribution in [3.63, 3.8) is 0 Å². The van der Waals surface area contributed by atoms with Gasteiger partial charge < -0.3 is 24.1 Å². The van der Waals surface area contributed by atoms with Crippen LogP contribution in [0, 0.1) is 5.82 Å². The Bertz CT molecular complexity index is 1570. The zero-order chi connectivity index (χ0) is 32.6. The minimum absolute atomic E-state index is 0.0182. The maximum Gasteiger partial charge on any atom is 0.492 e. The zero-order valence-electron chi connectivity index (χ0n) is 26.8. The molecule has 1 heterocycles. The van der Waals surface area contributed by atoms with Gasteiger partial charge in [0, 0.05) is 12.5 Å². The van der Waals surface area contributed by atoms with E-state index in [1.165, 1.54) is 12.1 Å². The van der Waals surface area contributed by atoms with E-state index in [0.717, 1.165) is 22.3 Å². The standard InChI is InChI=1S/C35H40BFN2O6/c1-33(2,3)43-32(41)39-30-17-16-22(19-29(30)37)18-23(36-44-34(4,5)35(6,7)45-36)20-38-31(40)42-21-28-26-14-10-8-12-24(26)25-13-9-11-15-27(25)28/h8-19,28H,20-21H2,1-7H3,(H,38,40)(H,39,41). The summed E-state index contributed by atoms with van der Waals surface area (Å²) >= 11 is 0. The van der Waals surface area contributed by atoms with Crippen molar-refractivity contribution in [2.75, 3.05) is 18.5 Å². The van der Waals surface area contributed by atoms with Gasteiger partial charge in [-0.05, 0) is 93.9 Å². The van der Waals surface area contributed by atoms with Crippen LogP contribution in [0.25, 0.3) is 17.2 Å². The molecule has 1 aliphatic carbocycles. The van der Waals surface area contributed by atoms with Gasteiger partial charge in [-0.25, -0.2) is 14.0 Å². The second-order valence-corrected chi connectivity index (χ2v) is 13.4. The molecule has 2 N–H and O–H groups in total. The first-order chi connectivity index (χ1) is 21.1. The molecule has 0 aromatic heterocycles. The van der Waals surface area contributed by atoms with Crippen molar-refractivity contribution >= 4 is 31.1 Å². The van der Waals surface area contributed by atoms with Crippen LogP contribution in [0.15, 0.2) is 72.2 Å². The first-order valence-corrected chi connectivity index (χ1v) is 15.1. The Balaban J connectivity index is 1.30. The molecule has 3 aromatic carbocycles. The minimum atomic E-state index is -0.800. The van der Waals surface area contributed by atoms with Crippen LogP contribution >= 0.6 is 0 Å². The number of rotatable bonds is 7. The largest absolute Gasteiger partial charge is 0.492 e. The van der Waals surface area contributed by atoms with E-state index in [0.29, 0.717) is 11.0 Å². The van der Waals surface area contributed by atoms with Crippen molar-refractivity contribution in [1.29, 1.82) is 0 Å². The van der Waals surface area contributed by atoms with Crippen molar-refractivity contribution < 1.29 is 32.8 Å². The van der Waals surface area contributed by atoms with Crippen LogP contribution in [-0.4, -0.2) is 49.3 Å². The van der Waals surface area contributed by atoms with E-state index in [9.17, 15) is 9.59 Å². The molecule has 5 rings (SSSR count). The number of anilines is 1. The van der Waals surface area contributed by atoms with E-state index in [4.69, 9.17) is 18.8 Å². The third-order valence-corrected chi connectivity index (χ3v) is 8.32. The highest BCUT2D eigenvalue weighted by Gasteiger charge is 2.52. The summed E-state index contributed by atoms with van der Waals surface area (Å²) in [6.45, 7) is 13.1. The van der Waals surface area contributed by atoms with Crippen LogP contribution in [0.2, 0.25) is 0 Å². The topological polar surface area (TPSA) is 95.1 Å². The van der Waals surface area contributed by atoms with Crippen LogP contribution in [0.1, 0.15) is 71.1 Å². The number of hydrogen-bond donors (Lipinski definition) is 2. The molecule has 0 radical (unpaired) electrons. The summed E-state index contributed by atoms with van der Waals surface area (Å²) in [7, 11) is -0.800. The SMILES string of the molecule is CC(C)(C)OC(=O)Nc1ccc(C=C(CNC(=O)OCC2c3ccccc3-c3ccccc32)B2OC(C)(C)C(C)(C)O2)cc1F. The molecular weight excluding hydrogens is 574 g/mol. The lowest BCUT2D eigenvalue weighted by molar-refractivity contribution is 0.00578. The summed E-state index contributed by atoms with van der Waals surface area (Å²) in [5, 5.41) is 5.26. The number of carbonyl (C=O) groups excluding carboxylic acids is 2. The smallest absolute Gasteiger partial charge is 0.449 e. The van der Waals surface area contributed by atoms with Gasteiger partial charge in [0.15, 0.2) is 0 Å². The molecule has 2 aliphatic rings. The minimum Gasteiger partial charge on any atom is -0.449 e. The second-order valence-electron chi connectivity index (χ2n) is 13.4. The van der Waals surface area contributed by atoms with Crippen molar-refractivity contribution in [3.05, 3.63) is 94.7 Å². The first-order valence-electron chi connectivity index (χ1n) is 15.1. The summed E-state index contributed by atoms with van der Waals surface area (Å²) in [6.07, 6.45) is 0.351. The lowest BCUT2D eigenvalue weighted by Gasteiger charge is -2.32. The average molecular weight is 615 g/mol. The van der Waals surface area contributed by atoms with Crippen LogP contribution in [-0.2, 0) is 18.8 Å². The second kappa shape index (κ2) is 12.3. The highest BCUT2D eigenvalue weighted by Crippen LogP contribution is 2.44. The molecule has 0 unspecified atom stereocenters. The Morgan fingerprint density at radius 1 is 0.911 bits per heavy atom. The van der Waals surface area contributed by atoms with E-state index < -0.39 is 41.9 Å². The maximum absolute atomic E-state index is 15.0. The number of carbonyl (C=O) groups is 2. The number of amides is 2. The van der Waals surface area contributed by atoms with Gasteiger partial charge in [-0.15, -0.1) is 0 Å². The van der Waals surface area contributed by atoms with Crippen molar-refractivity contribution in [3.8, 4) is 11.1 Å². The maximum atomic E-state index is 15.0. The summed E-state index contributed by atoms with van der Waals surface area (Å²) in [4.78, 5) is 25.1. The van der Waals surface area contributed by atoms with Crippen molar-refractivity contribution in [1.82, 2.24) is 5.32 Å². The van der Waals surface area contributed by atoms with Gasteiger partial charge in [-0.3, -0.25) is 5.32 Å². The zero-order valence-corrected chi connectivity index (χ0v) is 26.8. The fourth-order valence-electron chi connectivity index (χ4n) is 5.37. The molecule has 3 aromatic rings. The van der Waals surface area contributed by atoms with Crippen LogP contribution < -0.4 is 10.6 Å². The molecular formula is C35H40BFN2O6. The van der Waals surface area contributed by atoms with E-state index in [1.54, 1.807) is 32.9 Å². The molecule has 8 nitrogen and oxygen atoms in total. The Kier molecular flexibility index (Phi) is 8.84. The monoisotopic (exact) mass is 614 g/mol. The predicted molar refractivity (Wildman–Crippen MR) is 173 cm³/mol. The van der Waals surface area contributed by atoms with Gasteiger partial charge in [0.25, 0.3) is 0 Å². The molecule has 0 saturated carbocycles. The van der Waals surface area contributed by atoms with Crippen molar-refractivity contribution in [2.24, 2.45) is 0 Å². The Morgan fingerprint density at radius 2 is 1.49 bits per heavy atom. The first kappa shape index (κ1) is 32.3. The molecule has 45 heavy (non-hydrogen) atoms. The highest BCUT2D eigenvalue weighted by molar-refractivity contribution is 6.56. The number of fused-ring (bicyclic) bond motifs is 3.